The Kier molecular flexibility index (Phi) is 5.26. The minimum atomic E-state index is -3.48. The van der Waals surface area contributed by atoms with Crippen LogP contribution in [-0.2, 0) is 16.3 Å². The Hall–Kier alpha value is -2.75. The molecule has 2 aromatic heterocycles. The summed E-state index contributed by atoms with van der Waals surface area (Å²) in [6.45, 7) is 6.08. The summed E-state index contributed by atoms with van der Waals surface area (Å²) in [5.41, 5.74) is 2.79. The van der Waals surface area contributed by atoms with Gasteiger partial charge in [0.25, 0.3) is 0 Å². The zero-order valence-electron chi connectivity index (χ0n) is 15.5. The van der Waals surface area contributed by atoms with E-state index in [-0.39, 0.29) is 11.1 Å². The number of rotatable bonds is 7. The predicted octanol–water partition coefficient (Wildman–Crippen LogP) is 2.46. The van der Waals surface area contributed by atoms with Gasteiger partial charge in [0, 0.05) is 25.2 Å². The van der Waals surface area contributed by atoms with Crippen LogP contribution in [0, 0.1) is 20.8 Å². The lowest BCUT2D eigenvalue weighted by Crippen LogP contribution is -2.03. The quantitative estimate of drug-likeness (QED) is 0.558. The molecule has 9 nitrogen and oxygen atoms in total. The van der Waals surface area contributed by atoms with E-state index in [0.717, 1.165) is 28.7 Å². The first kappa shape index (κ1) is 19.0. The van der Waals surface area contributed by atoms with E-state index in [0.29, 0.717) is 31.2 Å². The molecule has 0 bridgehead atoms. The number of hydrogen-bond donors (Lipinski definition) is 0. The van der Waals surface area contributed by atoms with Gasteiger partial charge in [0.15, 0.2) is 0 Å². The van der Waals surface area contributed by atoms with Crippen molar-refractivity contribution < 1.29 is 22.1 Å². The van der Waals surface area contributed by atoms with Crippen molar-refractivity contribution in [2.45, 2.75) is 38.8 Å². The van der Waals surface area contributed by atoms with Crippen LogP contribution in [0.3, 0.4) is 0 Å². The van der Waals surface area contributed by atoms with E-state index < -0.39 is 9.84 Å². The average molecular weight is 392 g/mol. The molecule has 0 amide bonds. The fraction of sp³-hybridized carbons (Fsp3) is 0.412. The highest BCUT2D eigenvalue weighted by Crippen LogP contribution is 2.29. The van der Waals surface area contributed by atoms with E-state index in [4.69, 9.17) is 13.7 Å². The largest absolute Gasteiger partial charge is 0.493 e. The zero-order chi connectivity index (χ0) is 19.6. The molecule has 0 saturated carbocycles. The van der Waals surface area contributed by atoms with Crippen LogP contribution in [0.25, 0.3) is 11.4 Å². The maximum absolute atomic E-state index is 11.3. The smallest absolute Gasteiger partial charge is 0.335 e. The second-order valence-electron chi connectivity index (χ2n) is 6.26. The van der Waals surface area contributed by atoms with Crippen molar-refractivity contribution in [2.75, 3.05) is 12.9 Å². The first-order valence-electron chi connectivity index (χ1n) is 8.31. The standard InChI is InChI=1S/C17H20N4O5S/c1-10-8-13(16-18-12(3)26-21-16)9-11(2)15(10)24-7-5-6-14-19-20-17(25-14)27(4,22)23/h8-9H,5-7H2,1-4H3. The SMILES string of the molecule is Cc1nc(-c2cc(C)c(OCCCc3nnc(S(C)(=O)=O)o3)c(C)c2)no1. The van der Waals surface area contributed by atoms with Crippen LogP contribution in [-0.4, -0.2) is 41.6 Å². The molecular weight excluding hydrogens is 372 g/mol. The number of ether oxygens (including phenoxy) is 1. The van der Waals surface area contributed by atoms with Crippen LogP contribution in [0.5, 0.6) is 5.75 Å². The van der Waals surface area contributed by atoms with Gasteiger partial charge in [-0.05, 0) is 43.5 Å². The average Bonchev–Trinajstić information content (AvgIpc) is 3.22. The first-order valence-corrected chi connectivity index (χ1v) is 10.2. The number of aryl methyl sites for hydroxylation is 4. The second-order valence-corrected chi connectivity index (χ2v) is 8.16. The van der Waals surface area contributed by atoms with Crippen molar-refractivity contribution in [3.05, 3.63) is 35.0 Å². The van der Waals surface area contributed by atoms with Crippen molar-refractivity contribution in [3.63, 3.8) is 0 Å². The van der Waals surface area contributed by atoms with Gasteiger partial charge >= 0.3 is 5.22 Å². The molecule has 27 heavy (non-hydrogen) atoms. The van der Waals surface area contributed by atoms with Crippen molar-refractivity contribution >= 4 is 9.84 Å². The molecule has 144 valence electrons. The molecule has 0 atom stereocenters. The van der Waals surface area contributed by atoms with Crippen LogP contribution in [0.4, 0.5) is 0 Å². The van der Waals surface area contributed by atoms with Gasteiger partial charge in [0.2, 0.25) is 27.4 Å². The second kappa shape index (κ2) is 7.47. The highest BCUT2D eigenvalue weighted by atomic mass is 32.2. The van der Waals surface area contributed by atoms with Crippen LogP contribution in [0.2, 0.25) is 0 Å². The maximum atomic E-state index is 11.3. The summed E-state index contributed by atoms with van der Waals surface area (Å²) in [4.78, 5) is 4.24. The summed E-state index contributed by atoms with van der Waals surface area (Å²) in [5.74, 6) is 2.13. The van der Waals surface area contributed by atoms with Gasteiger partial charge in [-0.1, -0.05) is 10.3 Å². The molecule has 0 aliphatic rings. The lowest BCUT2D eigenvalue weighted by Gasteiger charge is -2.13. The molecule has 10 heteroatoms. The van der Waals surface area contributed by atoms with Gasteiger partial charge in [-0.15, -0.1) is 5.10 Å². The molecule has 0 unspecified atom stereocenters. The molecule has 0 fully saturated rings. The fourth-order valence-corrected chi connectivity index (χ4v) is 3.05. The van der Waals surface area contributed by atoms with Gasteiger partial charge in [0.05, 0.1) is 6.61 Å². The van der Waals surface area contributed by atoms with Crippen LogP contribution < -0.4 is 4.74 Å². The van der Waals surface area contributed by atoms with Crippen molar-refractivity contribution in [3.8, 4) is 17.1 Å². The number of benzene rings is 1. The molecule has 3 rings (SSSR count). The molecule has 0 spiro atoms. The molecule has 0 N–H and O–H groups in total. The van der Waals surface area contributed by atoms with Crippen LogP contribution in [0.15, 0.2) is 26.3 Å². The topological polar surface area (TPSA) is 121 Å². The highest BCUT2D eigenvalue weighted by molar-refractivity contribution is 7.90. The van der Waals surface area contributed by atoms with Crippen LogP contribution in [0.1, 0.15) is 29.3 Å². The first-order chi connectivity index (χ1) is 12.7. The van der Waals surface area contributed by atoms with Crippen molar-refractivity contribution in [2.24, 2.45) is 0 Å². The summed E-state index contributed by atoms with van der Waals surface area (Å²) in [7, 11) is -3.48. The van der Waals surface area contributed by atoms with E-state index in [1.165, 1.54) is 0 Å². The van der Waals surface area contributed by atoms with Crippen molar-refractivity contribution in [1.29, 1.82) is 0 Å². The summed E-state index contributed by atoms with van der Waals surface area (Å²) >= 11 is 0. The van der Waals surface area contributed by atoms with Gasteiger partial charge in [-0.3, -0.25) is 0 Å². The Labute approximate surface area is 156 Å². The summed E-state index contributed by atoms with van der Waals surface area (Å²) < 4.78 is 38.7. The van der Waals surface area contributed by atoms with E-state index in [9.17, 15) is 8.42 Å². The highest BCUT2D eigenvalue weighted by Gasteiger charge is 2.16. The Morgan fingerprint density at radius 3 is 2.37 bits per heavy atom. The third kappa shape index (κ3) is 4.51. The lowest BCUT2D eigenvalue weighted by molar-refractivity contribution is 0.298. The zero-order valence-corrected chi connectivity index (χ0v) is 16.3. The molecule has 0 radical (unpaired) electrons. The molecule has 1 aromatic carbocycles. The number of hydrogen-bond acceptors (Lipinski definition) is 9. The molecule has 0 saturated heterocycles. The lowest BCUT2D eigenvalue weighted by atomic mass is 10.1. The Balaban J connectivity index is 1.60. The summed E-state index contributed by atoms with van der Waals surface area (Å²) in [5, 5.41) is 10.8. The Morgan fingerprint density at radius 2 is 1.81 bits per heavy atom. The van der Waals surface area contributed by atoms with Gasteiger partial charge in [-0.2, -0.15) is 4.98 Å². The van der Waals surface area contributed by atoms with Gasteiger partial charge in [-0.25, -0.2) is 8.42 Å². The summed E-state index contributed by atoms with van der Waals surface area (Å²) in [6, 6.07) is 3.89. The molecule has 3 aromatic rings. The van der Waals surface area contributed by atoms with E-state index in [1.807, 2.05) is 26.0 Å². The predicted molar refractivity (Wildman–Crippen MR) is 95.2 cm³/mol. The number of aromatic nitrogens is 4. The van der Waals surface area contributed by atoms with E-state index >= 15 is 0 Å². The monoisotopic (exact) mass is 392 g/mol. The fourth-order valence-electron chi connectivity index (χ4n) is 2.61. The Bertz CT molecular complexity index is 1030. The number of sulfone groups is 1. The maximum Gasteiger partial charge on any atom is 0.335 e. The van der Waals surface area contributed by atoms with Crippen molar-refractivity contribution in [1.82, 2.24) is 20.3 Å². The third-order valence-electron chi connectivity index (χ3n) is 3.79. The van der Waals surface area contributed by atoms with Crippen LogP contribution >= 0.6 is 0 Å². The number of nitrogens with zero attached hydrogens (tertiary/aromatic N) is 4. The molecule has 0 aliphatic heterocycles. The third-order valence-corrected chi connectivity index (χ3v) is 4.59. The van der Waals surface area contributed by atoms with Gasteiger partial charge in [0.1, 0.15) is 5.75 Å². The van der Waals surface area contributed by atoms with E-state index in [2.05, 4.69) is 20.3 Å². The minimum absolute atomic E-state index is 0.273. The minimum Gasteiger partial charge on any atom is -0.493 e. The molecule has 2 heterocycles. The Morgan fingerprint density at radius 1 is 1.11 bits per heavy atom. The molecule has 0 aliphatic carbocycles. The normalized spacial score (nSPS) is 11.7. The molecular formula is C17H20N4O5S. The van der Waals surface area contributed by atoms with E-state index in [1.54, 1.807) is 6.92 Å². The summed E-state index contributed by atoms with van der Waals surface area (Å²) in [6.07, 6.45) is 2.06. The van der Waals surface area contributed by atoms with Gasteiger partial charge < -0.3 is 13.7 Å².